The van der Waals surface area contributed by atoms with Crippen molar-refractivity contribution in [2.45, 2.75) is 25.8 Å². The normalized spacial score (nSPS) is 31.2. The number of hydrogen-bond donors (Lipinski definition) is 1. The molecule has 2 heteroatoms. The van der Waals surface area contributed by atoms with E-state index in [2.05, 4.69) is 18.9 Å². The minimum atomic E-state index is 0.325. The van der Waals surface area contributed by atoms with Crippen molar-refractivity contribution in [1.82, 2.24) is 4.90 Å². The van der Waals surface area contributed by atoms with Gasteiger partial charge in [-0.1, -0.05) is 6.92 Å². The molecular weight excluding hydrogens is 126 g/mol. The number of hydrogen-bond acceptors (Lipinski definition) is 2. The average Bonchev–Trinajstić information content (AvgIpc) is 2.62. The summed E-state index contributed by atoms with van der Waals surface area (Å²) in [4.78, 5) is 2.35. The SMILES string of the molecule is CC1CC1N(C)CCCO. The van der Waals surface area contributed by atoms with Crippen molar-refractivity contribution >= 4 is 0 Å². The molecule has 1 saturated carbocycles. The third-order valence-corrected chi connectivity index (χ3v) is 2.30. The van der Waals surface area contributed by atoms with Crippen LogP contribution in [0.3, 0.4) is 0 Å². The Hall–Kier alpha value is -0.0800. The van der Waals surface area contributed by atoms with E-state index in [4.69, 9.17) is 5.11 Å². The number of nitrogens with zero attached hydrogens (tertiary/aromatic N) is 1. The van der Waals surface area contributed by atoms with Gasteiger partial charge in [0.2, 0.25) is 0 Å². The summed E-state index contributed by atoms with van der Waals surface area (Å²) >= 11 is 0. The summed E-state index contributed by atoms with van der Waals surface area (Å²) in [6, 6.07) is 0.812. The molecule has 2 unspecified atom stereocenters. The van der Waals surface area contributed by atoms with Gasteiger partial charge in [-0.2, -0.15) is 0 Å². The fraction of sp³-hybridized carbons (Fsp3) is 1.00. The van der Waals surface area contributed by atoms with Gasteiger partial charge in [-0.05, 0) is 25.8 Å². The number of aliphatic hydroxyl groups is 1. The first kappa shape index (κ1) is 8.02. The molecular formula is C8H17NO. The highest BCUT2D eigenvalue weighted by atomic mass is 16.3. The lowest BCUT2D eigenvalue weighted by atomic mass is 10.4. The van der Waals surface area contributed by atoms with Gasteiger partial charge in [-0.15, -0.1) is 0 Å². The molecule has 2 nitrogen and oxygen atoms in total. The summed E-state index contributed by atoms with van der Waals surface area (Å²) in [6.45, 7) is 3.65. The molecule has 0 aromatic heterocycles. The van der Waals surface area contributed by atoms with Crippen molar-refractivity contribution in [3.63, 3.8) is 0 Å². The zero-order valence-electron chi connectivity index (χ0n) is 6.88. The number of aliphatic hydroxyl groups excluding tert-OH is 1. The largest absolute Gasteiger partial charge is 0.396 e. The Bertz CT molecular complexity index is 105. The van der Waals surface area contributed by atoms with E-state index in [-0.39, 0.29) is 0 Å². The minimum Gasteiger partial charge on any atom is -0.396 e. The van der Waals surface area contributed by atoms with E-state index in [1.165, 1.54) is 6.42 Å². The fourth-order valence-corrected chi connectivity index (χ4v) is 1.40. The van der Waals surface area contributed by atoms with Gasteiger partial charge in [0, 0.05) is 19.2 Å². The second-order valence-corrected chi connectivity index (χ2v) is 3.34. The van der Waals surface area contributed by atoms with E-state index in [9.17, 15) is 0 Å². The van der Waals surface area contributed by atoms with Crippen molar-refractivity contribution in [2.24, 2.45) is 5.92 Å². The van der Waals surface area contributed by atoms with Crippen LogP contribution in [0, 0.1) is 5.92 Å². The lowest BCUT2D eigenvalue weighted by Gasteiger charge is -2.14. The maximum absolute atomic E-state index is 8.56. The zero-order valence-corrected chi connectivity index (χ0v) is 6.88. The van der Waals surface area contributed by atoms with Gasteiger partial charge in [0.25, 0.3) is 0 Å². The maximum Gasteiger partial charge on any atom is 0.0443 e. The molecule has 1 fully saturated rings. The van der Waals surface area contributed by atoms with Crippen LogP contribution in [0.2, 0.25) is 0 Å². The van der Waals surface area contributed by atoms with Gasteiger partial charge in [-0.25, -0.2) is 0 Å². The maximum atomic E-state index is 8.56. The van der Waals surface area contributed by atoms with Crippen LogP contribution in [0.25, 0.3) is 0 Å². The number of rotatable bonds is 4. The van der Waals surface area contributed by atoms with Crippen molar-refractivity contribution in [3.8, 4) is 0 Å². The van der Waals surface area contributed by atoms with Crippen LogP contribution in [0.15, 0.2) is 0 Å². The third kappa shape index (κ3) is 1.96. The molecule has 0 bridgehead atoms. The van der Waals surface area contributed by atoms with E-state index in [1.54, 1.807) is 0 Å². The molecule has 0 saturated heterocycles. The predicted molar refractivity (Wildman–Crippen MR) is 41.9 cm³/mol. The first-order chi connectivity index (χ1) is 4.75. The second kappa shape index (κ2) is 3.35. The van der Waals surface area contributed by atoms with Crippen molar-refractivity contribution < 1.29 is 5.11 Å². The average molecular weight is 143 g/mol. The summed E-state index contributed by atoms with van der Waals surface area (Å²) in [5, 5.41) is 8.56. The highest BCUT2D eigenvalue weighted by Gasteiger charge is 2.35. The molecule has 1 rings (SSSR count). The monoisotopic (exact) mass is 143 g/mol. The Kier molecular flexibility index (Phi) is 2.69. The minimum absolute atomic E-state index is 0.325. The van der Waals surface area contributed by atoms with Gasteiger partial charge in [0.15, 0.2) is 0 Å². The predicted octanol–water partition coefficient (Wildman–Crippen LogP) is 0.709. The molecule has 1 aliphatic rings. The lowest BCUT2D eigenvalue weighted by Crippen LogP contribution is -2.23. The van der Waals surface area contributed by atoms with Crippen molar-refractivity contribution in [2.75, 3.05) is 20.2 Å². The van der Waals surface area contributed by atoms with Crippen LogP contribution in [-0.2, 0) is 0 Å². The Morgan fingerprint density at radius 3 is 2.60 bits per heavy atom. The first-order valence-electron chi connectivity index (χ1n) is 4.07. The van der Waals surface area contributed by atoms with Gasteiger partial charge >= 0.3 is 0 Å². The Morgan fingerprint density at radius 2 is 2.20 bits per heavy atom. The summed E-state index contributed by atoms with van der Waals surface area (Å²) in [6.07, 6.45) is 2.27. The lowest BCUT2D eigenvalue weighted by molar-refractivity contribution is 0.239. The van der Waals surface area contributed by atoms with Crippen LogP contribution >= 0.6 is 0 Å². The van der Waals surface area contributed by atoms with Crippen LogP contribution < -0.4 is 0 Å². The smallest absolute Gasteiger partial charge is 0.0443 e. The Morgan fingerprint density at radius 1 is 1.60 bits per heavy atom. The first-order valence-corrected chi connectivity index (χ1v) is 4.07. The Balaban J connectivity index is 2.04. The second-order valence-electron chi connectivity index (χ2n) is 3.34. The van der Waals surface area contributed by atoms with E-state index >= 15 is 0 Å². The topological polar surface area (TPSA) is 23.5 Å². The summed E-state index contributed by atoms with van der Waals surface area (Å²) in [7, 11) is 2.14. The molecule has 0 amide bonds. The van der Waals surface area contributed by atoms with E-state index in [0.717, 1.165) is 24.9 Å². The third-order valence-electron chi connectivity index (χ3n) is 2.30. The van der Waals surface area contributed by atoms with E-state index in [1.807, 2.05) is 0 Å². The highest BCUT2D eigenvalue weighted by molar-refractivity contribution is 4.90. The molecule has 1 aliphatic carbocycles. The molecule has 0 aliphatic heterocycles. The molecule has 1 N–H and O–H groups in total. The molecule has 10 heavy (non-hydrogen) atoms. The zero-order chi connectivity index (χ0) is 7.56. The van der Waals surface area contributed by atoms with Crippen LogP contribution in [0.4, 0.5) is 0 Å². The molecule has 0 spiro atoms. The van der Waals surface area contributed by atoms with E-state index in [0.29, 0.717) is 6.61 Å². The van der Waals surface area contributed by atoms with Gasteiger partial charge in [-0.3, -0.25) is 0 Å². The summed E-state index contributed by atoms with van der Waals surface area (Å²) in [5.41, 5.74) is 0. The summed E-state index contributed by atoms with van der Waals surface area (Å²) < 4.78 is 0. The molecule has 0 aromatic carbocycles. The van der Waals surface area contributed by atoms with E-state index < -0.39 is 0 Å². The van der Waals surface area contributed by atoms with Crippen LogP contribution in [0.1, 0.15) is 19.8 Å². The molecule has 0 radical (unpaired) electrons. The van der Waals surface area contributed by atoms with Crippen molar-refractivity contribution in [1.29, 1.82) is 0 Å². The van der Waals surface area contributed by atoms with Crippen LogP contribution in [0.5, 0.6) is 0 Å². The molecule has 0 heterocycles. The molecule has 60 valence electrons. The quantitative estimate of drug-likeness (QED) is 0.626. The standard InChI is InChI=1S/C8H17NO/c1-7-6-8(7)9(2)4-3-5-10/h7-8,10H,3-6H2,1-2H3. The fourth-order valence-electron chi connectivity index (χ4n) is 1.40. The molecule has 0 aromatic rings. The molecule has 2 atom stereocenters. The summed E-state index contributed by atoms with van der Waals surface area (Å²) in [5.74, 6) is 0.892. The Labute approximate surface area is 62.8 Å². The van der Waals surface area contributed by atoms with Crippen molar-refractivity contribution in [3.05, 3.63) is 0 Å². The van der Waals surface area contributed by atoms with Crippen LogP contribution in [-0.4, -0.2) is 36.2 Å². The van der Waals surface area contributed by atoms with Gasteiger partial charge in [0.1, 0.15) is 0 Å². The van der Waals surface area contributed by atoms with Gasteiger partial charge in [0.05, 0.1) is 0 Å². The highest BCUT2D eigenvalue weighted by Crippen LogP contribution is 2.33. The van der Waals surface area contributed by atoms with Gasteiger partial charge < -0.3 is 10.0 Å².